The molecule has 0 radical (unpaired) electrons. The molecule has 2 aliphatic rings. The normalized spacial score (nSPS) is 19.2. The molecule has 0 aromatic heterocycles. The highest BCUT2D eigenvalue weighted by Gasteiger charge is 2.36. The van der Waals surface area contributed by atoms with E-state index in [0.29, 0.717) is 35.9 Å². The number of hydrogen-bond donors (Lipinski definition) is 1. The lowest BCUT2D eigenvalue weighted by atomic mass is 10.1. The third kappa shape index (κ3) is 4.02. The molecule has 8 heteroatoms. The van der Waals surface area contributed by atoms with E-state index in [-0.39, 0.29) is 24.1 Å². The van der Waals surface area contributed by atoms with Gasteiger partial charge in [-0.3, -0.25) is 14.4 Å². The van der Waals surface area contributed by atoms with Crippen LogP contribution in [0.25, 0.3) is 0 Å². The van der Waals surface area contributed by atoms with Crippen molar-refractivity contribution in [2.75, 3.05) is 28.2 Å². The molecular formula is C21H19BrClN3O3. The lowest BCUT2D eigenvalue weighted by Crippen LogP contribution is -2.28. The highest BCUT2D eigenvalue weighted by Crippen LogP contribution is 2.34. The number of carbonyl (C=O) groups is 3. The van der Waals surface area contributed by atoms with E-state index in [1.807, 2.05) is 24.3 Å². The second-order valence-corrected chi connectivity index (χ2v) is 8.42. The fourth-order valence-corrected chi connectivity index (χ4v) is 4.52. The van der Waals surface area contributed by atoms with Crippen molar-refractivity contribution in [2.24, 2.45) is 5.92 Å². The van der Waals surface area contributed by atoms with Crippen LogP contribution in [-0.4, -0.2) is 30.8 Å². The number of amides is 3. The predicted octanol–water partition coefficient (Wildman–Crippen LogP) is 4.22. The van der Waals surface area contributed by atoms with E-state index in [0.717, 1.165) is 16.6 Å². The van der Waals surface area contributed by atoms with Crippen LogP contribution in [0.1, 0.15) is 19.3 Å². The summed E-state index contributed by atoms with van der Waals surface area (Å²) in [7, 11) is 0. The molecular weight excluding hydrogens is 458 g/mol. The summed E-state index contributed by atoms with van der Waals surface area (Å²) >= 11 is 9.80. The number of nitrogens with zero attached hydrogens (tertiary/aromatic N) is 2. The van der Waals surface area contributed by atoms with E-state index in [2.05, 4.69) is 21.2 Å². The number of nitrogens with one attached hydrogen (secondary N) is 1. The molecule has 0 bridgehead atoms. The predicted molar refractivity (Wildman–Crippen MR) is 116 cm³/mol. The second kappa shape index (κ2) is 8.16. The zero-order valence-electron chi connectivity index (χ0n) is 15.5. The molecule has 1 unspecified atom stereocenters. The van der Waals surface area contributed by atoms with Crippen LogP contribution in [0, 0.1) is 5.92 Å². The van der Waals surface area contributed by atoms with Crippen LogP contribution in [0.5, 0.6) is 0 Å². The summed E-state index contributed by atoms with van der Waals surface area (Å²) in [5.41, 5.74) is 1.96. The highest BCUT2D eigenvalue weighted by molar-refractivity contribution is 9.10. The molecule has 2 aliphatic heterocycles. The topological polar surface area (TPSA) is 69.7 Å². The van der Waals surface area contributed by atoms with Gasteiger partial charge in [-0.05, 0) is 52.7 Å². The molecule has 2 aromatic rings. The van der Waals surface area contributed by atoms with E-state index in [9.17, 15) is 14.4 Å². The molecule has 1 atom stereocenters. The van der Waals surface area contributed by atoms with E-state index < -0.39 is 5.92 Å². The standard InChI is InChI=1S/C21H19BrClN3O3/c22-15-4-1-2-5-17(15)26-12-13(10-20(26)28)21(29)24-14-7-8-18(16(23)11-14)25-9-3-6-19(25)27/h1-2,4-5,7-8,11,13H,3,6,9-10,12H2,(H,24,29). The third-order valence-electron chi connectivity index (χ3n) is 5.22. The van der Waals surface area contributed by atoms with Gasteiger partial charge in [-0.1, -0.05) is 23.7 Å². The highest BCUT2D eigenvalue weighted by atomic mass is 79.9. The number of rotatable bonds is 4. The van der Waals surface area contributed by atoms with Crippen LogP contribution in [-0.2, 0) is 14.4 Å². The maximum atomic E-state index is 12.7. The Morgan fingerprint density at radius 1 is 1.07 bits per heavy atom. The molecule has 29 heavy (non-hydrogen) atoms. The quantitative estimate of drug-likeness (QED) is 0.718. The molecule has 0 spiro atoms. The van der Waals surface area contributed by atoms with E-state index in [4.69, 9.17) is 11.6 Å². The zero-order chi connectivity index (χ0) is 20.5. The Hall–Kier alpha value is -2.38. The van der Waals surface area contributed by atoms with Gasteiger partial charge in [0.05, 0.1) is 22.3 Å². The molecule has 2 saturated heterocycles. The first-order chi connectivity index (χ1) is 13.9. The average molecular weight is 477 g/mol. The number of hydrogen-bond acceptors (Lipinski definition) is 3. The largest absolute Gasteiger partial charge is 0.326 e. The third-order valence-corrected chi connectivity index (χ3v) is 6.19. The monoisotopic (exact) mass is 475 g/mol. The first-order valence-electron chi connectivity index (χ1n) is 9.39. The van der Waals surface area contributed by atoms with Crippen molar-refractivity contribution >= 4 is 62.3 Å². The van der Waals surface area contributed by atoms with Crippen molar-refractivity contribution in [3.63, 3.8) is 0 Å². The number of anilines is 3. The molecule has 1 N–H and O–H groups in total. The fourth-order valence-electron chi connectivity index (χ4n) is 3.74. The van der Waals surface area contributed by atoms with Crippen LogP contribution < -0.4 is 15.1 Å². The molecule has 150 valence electrons. The summed E-state index contributed by atoms with van der Waals surface area (Å²) in [6, 6.07) is 12.6. The second-order valence-electron chi connectivity index (χ2n) is 7.16. The van der Waals surface area contributed by atoms with Crippen LogP contribution in [0.2, 0.25) is 5.02 Å². The minimum atomic E-state index is -0.451. The van der Waals surface area contributed by atoms with Crippen molar-refractivity contribution in [1.82, 2.24) is 0 Å². The summed E-state index contributed by atoms with van der Waals surface area (Å²) in [4.78, 5) is 40.4. The first-order valence-corrected chi connectivity index (χ1v) is 10.6. The van der Waals surface area contributed by atoms with Gasteiger partial charge in [0, 0.05) is 36.1 Å². The van der Waals surface area contributed by atoms with Crippen LogP contribution in [0.3, 0.4) is 0 Å². The maximum Gasteiger partial charge on any atom is 0.229 e. The van der Waals surface area contributed by atoms with Crippen LogP contribution in [0.4, 0.5) is 17.1 Å². The summed E-state index contributed by atoms with van der Waals surface area (Å²) in [6.45, 7) is 0.973. The van der Waals surface area contributed by atoms with Crippen LogP contribution >= 0.6 is 27.5 Å². The summed E-state index contributed by atoms with van der Waals surface area (Å²) in [6.07, 6.45) is 1.50. The lowest BCUT2D eigenvalue weighted by Gasteiger charge is -2.19. The Balaban J connectivity index is 1.45. The summed E-state index contributed by atoms with van der Waals surface area (Å²) in [5, 5.41) is 3.26. The Labute approximate surface area is 181 Å². The maximum absolute atomic E-state index is 12.7. The molecule has 0 saturated carbocycles. The van der Waals surface area contributed by atoms with Gasteiger partial charge >= 0.3 is 0 Å². The Morgan fingerprint density at radius 2 is 1.86 bits per heavy atom. The van der Waals surface area contributed by atoms with Gasteiger partial charge in [0.2, 0.25) is 17.7 Å². The molecule has 2 aromatic carbocycles. The molecule has 2 heterocycles. The Bertz CT molecular complexity index is 997. The van der Waals surface area contributed by atoms with Gasteiger partial charge in [0.25, 0.3) is 0 Å². The average Bonchev–Trinajstić information content (AvgIpc) is 3.28. The van der Waals surface area contributed by atoms with Crippen molar-refractivity contribution in [3.05, 3.63) is 52.0 Å². The van der Waals surface area contributed by atoms with Gasteiger partial charge < -0.3 is 15.1 Å². The van der Waals surface area contributed by atoms with Gasteiger partial charge in [-0.25, -0.2) is 0 Å². The minimum Gasteiger partial charge on any atom is -0.326 e. The van der Waals surface area contributed by atoms with Crippen LogP contribution in [0.15, 0.2) is 46.9 Å². The number of para-hydroxylation sites is 1. The number of carbonyl (C=O) groups excluding carboxylic acids is 3. The van der Waals surface area contributed by atoms with Crippen molar-refractivity contribution in [1.29, 1.82) is 0 Å². The molecule has 2 fully saturated rings. The number of halogens is 2. The lowest BCUT2D eigenvalue weighted by molar-refractivity contribution is -0.122. The van der Waals surface area contributed by atoms with Gasteiger partial charge in [-0.2, -0.15) is 0 Å². The molecule has 6 nitrogen and oxygen atoms in total. The Morgan fingerprint density at radius 3 is 2.55 bits per heavy atom. The van der Waals surface area contributed by atoms with Gasteiger partial charge in [0.1, 0.15) is 0 Å². The van der Waals surface area contributed by atoms with Gasteiger partial charge in [0.15, 0.2) is 0 Å². The summed E-state index contributed by atoms with van der Waals surface area (Å²) in [5.74, 6) is -0.708. The smallest absolute Gasteiger partial charge is 0.229 e. The molecule has 0 aliphatic carbocycles. The number of benzene rings is 2. The van der Waals surface area contributed by atoms with E-state index >= 15 is 0 Å². The zero-order valence-corrected chi connectivity index (χ0v) is 17.9. The SMILES string of the molecule is O=C(Nc1ccc(N2CCCC2=O)c(Cl)c1)C1CC(=O)N(c2ccccc2Br)C1. The van der Waals surface area contributed by atoms with Crippen molar-refractivity contribution in [2.45, 2.75) is 19.3 Å². The Kier molecular flexibility index (Phi) is 5.61. The van der Waals surface area contributed by atoms with E-state index in [1.165, 1.54) is 0 Å². The molecule has 3 amide bonds. The van der Waals surface area contributed by atoms with E-state index in [1.54, 1.807) is 28.0 Å². The molecule has 4 rings (SSSR count). The minimum absolute atomic E-state index is 0.0558. The first kappa shape index (κ1) is 19.9. The van der Waals surface area contributed by atoms with Crippen molar-refractivity contribution < 1.29 is 14.4 Å². The summed E-state index contributed by atoms with van der Waals surface area (Å²) < 4.78 is 0.813. The van der Waals surface area contributed by atoms with Crippen molar-refractivity contribution in [3.8, 4) is 0 Å². The fraction of sp³-hybridized carbons (Fsp3) is 0.286. The van der Waals surface area contributed by atoms with Gasteiger partial charge in [-0.15, -0.1) is 0 Å².